The zero-order chi connectivity index (χ0) is 37.7. The zero-order valence-electron chi connectivity index (χ0n) is 31.0. The number of hydrogen-bond acceptors (Lipinski definition) is 3. The van der Waals surface area contributed by atoms with Gasteiger partial charge >= 0.3 is 0 Å². The van der Waals surface area contributed by atoms with Gasteiger partial charge in [0.1, 0.15) is 22.3 Å². The van der Waals surface area contributed by atoms with Crippen molar-refractivity contribution in [3.05, 3.63) is 212 Å². The van der Waals surface area contributed by atoms with Gasteiger partial charge < -0.3 is 13.7 Å². The fourth-order valence-corrected chi connectivity index (χ4v) is 8.24. The summed E-state index contributed by atoms with van der Waals surface area (Å²) in [6.07, 6.45) is 0. The molecule has 9 aromatic carbocycles. The van der Waals surface area contributed by atoms with Gasteiger partial charge in [0.25, 0.3) is 0 Å². The van der Waals surface area contributed by atoms with Gasteiger partial charge in [0.15, 0.2) is 0 Å². The molecule has 2 aromatic heterocycles. The maximum absolute atomic E-state index is 6.21. The molecule has 268 valence electrons. The maximum Gasteiger partial charge on any atom is 0.135 e. The Morgan fingerprint density at radius 3 is 1.12 bits per heavy atom. The third kappa shape index (κ3) is 5.94. The summed E-state index contributed by atoms with van der Waals surface area (Å²) in [6, 6.07) is 75.4. The second-order valence-electron chi connectivity index (χ2n) is 14.6. The minimum absolute atomic E-state index is 0.890. The van der Waals surface area contributed by atoms with E-state index in [9.17, 15) is 0 Å². The summed E-state index contributed by atoms with van der Waals surface area (Å²) >= 11 is 0. The van der Waals surface area contributed by atoms with Crippen LogP contribution in [0, 0.1) is 0 Å². The highest BCUT2D eigenvalue weighted by Gasteiger charge is 2.16. The molecule has 0 N–H and O–H groups in total. The molecule has 2 heterocycles. The molecule has 0 radical (unpaired) electrons. The molecule has 0 fully saturated rings. The lowest BCUT2D eigenvalue weighted by Crippen LogP contribution is -2.09. The summed E-state index contributed by atoms with van der Waals surface area (Å²) in [5.41, 5.74) is 16.1. The quantitative estimate of drug-likeness (QED) is 0.164. The molecule has 3 heteroatoms. The second-order valence-corrected chi connectivity index (χ2v) is 14.6. The number of benzene rings is 9. The average Bonchev–Trinajstić information content (AvgIpc) is 3.85. The Labute approximate surface area is 330 Å². The Morgan fingerprint density at radius 1 is 0.228 bits per heavy atom. The van der Waals surface area contributed by atoms with E-state index < -0.39 is 0 Å². The van der Waals surface area contributed by atoms with E-state index in [4.69, 9.17) is 8.83 Å². The van der Waals surface area contributed by atoms with Crippen LogP contribution in [0.25, 0.3) is 88.4 Å². The molecular weight excluding hydrogens is 695 g/mol. The van der Waals surface area contributed by atoms with Crippen LogP contribution in [0.15, 0.2) is 221 Å². The molecule has 0 unspecified atom stereocenters. The lowest BCUT2D eigenvalue weighted by atomic mass is 9.91. The fraction of sp³-hybridized carbons (Fsp3) is 0. The number of fused-ring (bicyclic) bond motifs is 6. The van der Waals surface area contributed by atoms with Gasteiger partial charge in [0.05, 0.1) is 0 Å². The third-order valence-electron chi connectivity index (χ3n) is 11.0. The molecule has 0 aliphatic carbocycles. The maximum atomic E-state index is 6.21. The third-order valence-corrected chi connectivity index (χ3v) is 11.0. The highest BCUT2D eigenvalue weighted by molar-refractivity contribution is 6.07. The molecule has 0 aliphatic heterocycles. The highest BCUT2D eigenvalue weighted by atomic mass is 16.3. The molecule has 0 aliphatic rings. The molecule has 11 aromatic rings. The predicted octanol–water partition coefficient (Wildman–Crippen LogP) is 15.6. The van der Waals surface area contributed by atoms with Gasteiger partial charge in [-0.15, -0.1) is 0 Å². The normalized spacial score (nSPS) is 11.5. The van der Waals surface area contributed by atoms with Gasteiger partial charge in [-0.2, -0.15) is 0 Å². The summed E-state index contributed by atoms with van der Waals surface area (Å²) in [5.74, 6) is 0. The molecule has 0 bridgehead atoms. The van der Waals surface area contributed by atoms with E-state index in [2.05, 4.69) is 193 Å². The predicted molar refractivity (Wildman–Crippen MR) is 237 cm³/mol. The van der Waals surface area contributed by atoms with Gasteiger partial charge in [0.2, 0.25) is 0 Å². The van der Waals surface area contributed by atoms with Gasteiger partial charge in [0, 0.05) is 38.6 Å². The molecule has 0 spiro atoms. The van der Waals surface area contributed by atoms with Crippen molar-refractivity contribution in [3.63, 3.8) is 0 Å². The summed E-state index contributed by atoms with van der Waals surface area (Å²) in [5, 5.41) is 4.47. The second kappa shape index (κ2) is 13.6. The molecule has 57 heavy (non-hydrogen) atoms. The smallest absolute Gasteiger partial charge is 0.135 e. The van der Waals surface area contributed by atoms with Crippen molar-refractivity contribution in [1.82, 2.24) is 0 Å². The van der Waals surface area contributed by atoms with Crippen LogP contribution in [-0.2, 0) is 0 Å². The standard InChI is InChI=1S/C54H35NO2/c1-3-16-44(17-4-1)55(45-18-5-2-6-19-45)46-20-12-15-38(33-46)36-13-11-14-37(29-36)41-30-42(39-25-27-53-49(34-39)47-21-7-9-23-51(47)56-53)32-43(31-41)40-26-28-54-50(35-40)48-22-8-10-24-52(48)57-54/h1-35H. The fourth-order valence-electron chi connectivity index (χ4n) is 8.24. The van der Waals surface area contributed by atoms with Crippen LogP contribution >= 0.6 is 0 Å². The molecule has 0 saturated heterocycles. The van der Waals surface area contributed by atoms with E-state index in [0.29, 0.717) is 0 Å². The summed E-state index contributed by atoms with van der Waals surface area (Å²) in [4.78, 5) is 2.31. The van der Waals surface area contributed by atoms with Gasteiger partial charge in [-0.3, -0.25) is 0 Å². The number of para-hydroxylation sites is 4. The van der Waals surface area contributed by atoms with Crippen molar-refractivity contribution in [2.75, 3.05) is 4.90 Å². The first-order chi connectivity index (χ1) is 28.2. The molecule has 11 rings (SSSR count). The van der Waals surface area contributed by atoms with Crippen molar-refractivity contribution in [2.24, 2.45) is 0 Å². The van der Waals surface area contributed by atoms with E-state index in [1.807, 2.05) is 24.3 Å². The first-order valence-corrected chi connectivity index (χ1v) is 19.3. The Kier molecular flexibility index (Phi) is 7.82. The number of rotatable bonds is 7. The van der Waals surface area contributed by atoms with Crippen LogP contribution in [0.1, 0.15) is 0 Å². The minimum Gasteiger partial charge on any atom is -0.456 e. The Balaban J connectivity index is 1.05. The number of nitrogens with zero attached hydrogens (tertiary/aromatic N) is 1. The van der Waals surface area contributed by atoms with Crippen LogP contribution in [0.4, 0.5) is 17.1 Å². The van der Waals surface area contributed by atoms with E-state index in [1.165, 1.54) is 0 Å². The van der Waals surface area contributed by atoms with Gasteiger partial charge in [-0.25, -0.2) is 0 Å². The van der Waals surface area contributed by atoms with Crippen molar-refractivity contribution in [2.45, 2.75) is 0 Å². The molecule has 0 amide bonds. The van der Waals surface area contributed by atoms with Crippen LogP contribution in [0.2, 0.25) is 0 Å². The van der Waals surface area contributed by atoms with Crippen LogP contribution in [0.3, 0.4) is 0 Å². The van der Waals surface area contributed by atoms with Crippen LogP contribution < -0.4 is 4.90 Å². The summed E-state index contributed by atoms with van der Waals surface area (Å²) in [6.45, 7) is 0. The van der Waals surface area contributed by atoms with Crippen molar-refractivity contribution in [1.29, 1.82) is 0 Å². The highest BCUT2D eigenvalue weighted by Crippen LogP contribution is 2.40. The Hall–Kier alpha value is -7.62. The molecule has 0 saturated carbocycles. The topological polar surface area (TPSA) is 29.5 Å². The molecule has 3 nitrogen and oxygen atoms in total. The van der Waals surface area contributed by atoms with Crippen molar-refractivity contribution >= 4 is 60.9 Å². The Bertz CT molecular complexity index is 3080. The lowest BCUT2D eigenvalue weighted by molar-refractivity contribution is 0.668. The van der Waals surface area contributed by atoms with Crippen molar-refractivity contribution in [3.8, 4) is 44.5 Å². The molecule has 0 atom stereocenters. The summed E-state index contributed by atoms with van der Waals surface area (Å²) < 4.78 is 12.4. The minimum atomic E-state index is 0.890. The average molecular weight is 730 g/mol. The first-order valence-electron chi connectivity index (χ1n) is 19.3. The zero-order valence-corrected chi connectivity index (χ0v) is 31.0. The monoisotopic (exact) mass is 729 g/mol. The SMILES string of the molecule is c1ccc(N(c2ccccc2)c2cccc(-c3cccc(-c4cc(-c5ccc6oc7ccccc7c6c5)cc(-c5ccc6oc7ccccc7c6c5)c4)c3)c2)cc1. The van der Waals surface area contributed by atoms with Gasteiger partial charge in [-0.05, 0) is 142 Å². The van der Waals surface area contributed by atoms with E-state index in [-0.39, 0.29) is 0 Å². The van der Waals surface area contributed by atoms with E-state index in [1.54, 1.807) is 0 Å². The van der Waals surface area contributed by atoms with E-state index in [0.717, 1.165) is 105 Å². The number of anilines is 3. The Morgan fingerprint density at radius 2 is 0.596 bits per heavy atom. The first kappa shape index (κ1) is 32.8. The number of hydrogen-bond donors (Lipinski definition) is 0. The lowest BCUT2D eigenvalue weighted by Gasteiger charge is -2.26. The number of furan rings is 2. The van der Waals surface area contributed by atoms with Gasteiger partial charge in [-0.1, -0.05) is 115 Å². The van der Waals surface area contributed by atoms with E-state index >= 15 is 0 Å². The molecular formula is C54H35NO2. The van der Waals surface area contributed by atoms with Crippen molar-refractivity contribution < 1.29 is 8.83 Å². The van der Waals surface area contributed by atoms with Crippen LogP contribution in [0.5, 0.6) is 0 Å². The summed E-state index contributed by atoms with van der Waals surface area (Å²) in [7, 11) is 0. The van der Waals surface area contributed by atoms with Crippen LogP contribution in [-0.4, -0.2) is 0 Å². The largest absolute Gasteiger partial charge is 0.456 e.